The number of unbranched alkanes of at least 4 members (excludes halogenated alkanes) is 4. The van der Waals surface area contributed by atoms with Crippen molar-refractivity contribution in [1.82, 2.24) is 5.32 Å². The Morgan fingerprint density at radius 1 is 0.938 bits per heavy atom. The van der Waals surface area contributed by atoms with Gasteiger partial charge in [-0.1, -0.05) is 52.4 Å². The van der Waals surface area contributed by atoms with Gasteiger partial charge in [-0.15, -0.1) is 0 Å². The molecular weight excluding hydrogens is 198 g/mol. The van der Waals surface area contributed by atoms with Crippen LogP contribution in [-0.4, -0.2) is 23.8 Å². The van der Waals surface area contributed by atoms with Crippen LogP contribution in [0.1, 0.15) is 72.1 Å². The zero-order valence-electron chi connectivity index (χ0n) is 11.5. The molecule has 0 bridgehead atoms. The highest BCUT2D eigenvalue weighted by Crippen LogP contribution is 2.21. The lowest BCUT2D eigenvalue weighted by atomic mass is 9.88. The number of β-amino-alcohol motifs (C(OH)–C–C–N with tert-alkyl or cyclic N) is 1. The Labute approximate surface area is 102 Å². The molecule has 0 heterocycles. The minimum absolute atomic E-state index is 0.243. The smallest absolute Gasteiger partial charge is 0.0556 e. The summed E-state index contributed by atoms with van der Waals surface area (Å²) in [5.74, 6) is 0. The van der Waals surface area contributed by atoms with Gasteiger partial charge in [-0.3, -0.25) is 0 Å². The predicted molar refractivity (Wildman–Crippen MR) is 71.8 cm³/mol. The molecule has 0 aromatic carbocycles. The second-order valence-electron chi connectivity index (χ2n) is 5.13. The number of aliphatic hydroxyl groups excluding tert-OH is 1. The van der Waals surface area contributed by atoms with Crippen molar-refractivity contribution < 1.29 is 5.11 Å². The monoisotopic (exact) mass is 229 g/mol. The summed E-state index contributed by atoms with van der Waals surface area (Å²) in [6.07, 6.45) is 10.3. The molecule has 16 heavy (non-hydrogen) atoms. The summed E-state index contributed by atoms with van der Waals surface area (Å²) in [5, 5.41) is 12.4. The van der Waals surface area contributed by atoms with Crippen molar-refractivity contribution >= 4 is 0 Å². The Morgan fingerprint density at radius 2 is 1.56 bits per heavy atom. The fraction of sp³-hybridized carbons (Fsp3) is 1.00. The van der Waals surface area contributed by atoms with Crippen LogP contribution in [0.5, 0.6) is 0 Å². The third-order valence-corrected chi connectivity index (χ3v) is 3.33. The van der Waals surface area contributed by atoms with E-state index in [1.54, 1.807) is 0 Å². The molecule has 0 aliphatic rings. The standard InChI is InChI=1S/C14H31NO/c1-4-6-8-9-11-14(3,10-7-5-2)15-12-13-16/h15-16H,4-13H2,1-3H3. The maximum Gasteiger partial charge on any atom is 0.0556 e. The molecule has 0 radical (unpaired) electrons. The summed E-state index contributed by atoms with van der Waals surface area (Å²) in [6, 6.07) is 0. The third-order valence-electron chi connectivity index (χ3n) is 3.33. The molecule has 98 valence electrons. The second-order valence-corrected chi connectivity index (χ2v) is 5.13. The van der Waals surface area contributed by atoms with Gasteiger partial charge in [-0.2, -0.15) is 0 Å². The van der Waals surface area contributed by atoms with Crippen LogP contribution in [0.25, 0.3) is 0 Å². The average molecular weight is 229 g/mol. The summed E-state index contributed by atoms with van der Waals surface area (Å²) in [6.45, 7) is 7.78. The highest BCUT2D eigenvalue weighted by Gasteiger charge is 2.21. The van der Waals surface area contributed by atoms with E-state index in [0.717, 1.165) is 6.54 Å². The molecule has 0 fully saturated rings. The van der Waals surface area contributed by atoms with E-state index in [-0.39, 0.29) is 12.1 Å². The minimum Gasteiger partial charge on any atom is -0.395 e. The van der Waals surface area contributed by atoms with E-state index in [4.69, 9.17) is 5.11 Å². The molecule has 0 saturated heterocycles. The first-order chi connectivity index (χ1) is 7.68. The van der Waals surface area contributed by atoms with E-state index in [2.05, 4.69) is 26.1 Å². The van der Waals surface area contributed by atoms with Crippen LogP contribution in [0.2, 0.25) is 0 Å². The first kappa shape index (κ1) is 15.9. The molecule has 0 aliphatic carbocycles. The van der Waals surface area contributed by atoms with Crippen molar-refractivity contribution in [2.24, 2.45) is 0 Å². The summed E-state index contributed by atoms with van der Waals surface area (Å²) in [5.41, 5.74) is 0.243. The molecule has 0 rings (SSSR count). The van der Waals surface area contributed by atoms with Gasteiger partial charge in [0.2, 0.25) is 0 Å². The lowest BCUT2D eigenvalue weighted by molar-refractivity contribution is 0.237. The molecule has 0 amide bonds. The highest BCUT2D eigenvalue weighted by atomic mass is 16.3. The van der Waals surface area contributed by atoms with Crippen molar-refractivity contribution in [2.45, 2.75) is 77.7 Å². The van der Waals surface area contributed by atoms with Gasteiger partial charge in [0.25, 0.3) is 0 Å². The number of hydrogen-bond acceptors (Lipinski definition) is 2. The summed E-state index contributed by atoms with van der Waals surface area (Å²) in [7, 11) is 0. The highest BCUT2D eigenvalue weighted by molar-refractivity contribution is 4.82. The fourth-order valence-corrected chi connectivity index (χ4v) is 2.17. The van der Waals surface area contributed by atoms with Crippen molar-refractivity contribution in [3.63, 3.8) is 0 Å². The lowest BCUT2D eigenvalue weighted by Gasteiger charge is -2.31. The van der Waals surface area contributed by atoms with E-state index in [0.29, 0.717) is 0 Å². The summed E-state index contributed by atoms with van der Waals surface area (Å²) >= 11 is 0. The van der Waals surface area contributed by atoms with E-state index < -0.39 is 0 Å². The zero-order chi connectivity index (χ0) is 12.3. The normalized spacial score (nSPS) is 15.0. The third kappa shape index (κ3) is 8.12. The Morgan fingerprint density at radius 3 is 2.12 bits per heavy atom. The van der Waals surface area contributed by atoms with Gasteiger partial charge in [0.05, 0.1) is 6.61 Å². The largest absolute Gasteiger partial charge is 0.395 e. The Bertz CT molecular complexity index is 140. The Hall–Kier alpha value is -0.0800. The molecule has 0 aliphatic heterocycles. The van der Waals surface area contributed by atoms with E-state index >= 15 is 0 Å². The Kier molecular flexibility index (Phi) is 10.0. The first-order valence-electron chi connectivity index (χ1n) is 7.04. The topological polar surface area (TPSA) is 32.3 Å². The second kappa shape index (κ2) is 10.1. The molecule has 2 N–H and O–H groups in total. The van der Waals surface area contributed by atoms with Crippen molar-refractivity contribution in [1.29, 1.82) is 0 Å². The van der Waals surface area contributed by atoms with Crippen LogP contribution in [0.3, 0.4) is 0 Å². The maximum atomic E-state index is 8.90. The lowest BCUT2D eigenvalue weighted by Crippen LogP contribution is -2.43. The van der Waals surface area contributed by atoms with Crippen LogP contribution in [0, 0.1) is 0 Å². The zero-order valence-corrected chi connectivity index (χ0v) is 11.5. The van der Waals surface area contributed by atoms with Crippen molar-refractivity contribution in [3.05, 3.63) is 0 Å². The van der Waals surface area contributed by atoms with Gasteiger partial charge >= 0.3 is 0 Å². The molecule has 0 aromatic heterocycles. The van der Waals surface area contributed by atoms with Gasteiger partial charge in [-0.25, -0.2) is 0 Å². The first-order valence-corrected chi connectivity index (χ1v) is 7.04. The van der Waals surface area contributed by atoms with Gasteiger partial charge < -0.3 is 10.4 Å². The molecule has 1 atom stereocenters. The molecular formula is C14H31NO. The summed E-state index contributed by atoms with van der Waals surface area (Å²) in [4.78, 5) is 0. The number of nitrogens with one attached hydrogen (secondary N) is 1. The SMILES string of the molecule is CCCCCCC(C)(CCCC)NCCO. The van der Waals surface area contributed by atoms with Crippen molar-refractivity contribution in [2.75, 3.05) is 13.2 Å². The molecule has 2 nitrogen and oxygen atoms in total. The van der Waals surface area contributed by atoms with Crippen LogP contribution in [0.15, 0.2) is 0 Å². The molecule has 0 saturated carbocycles. The van der Waals surface area contributed by atoms with Crippen LogP contribution >= 0.6 is 0 Å². The summed E-state index contributed by atoms with van der Waals surface area (Å²) < 4.78 is 0. The number of aliphatic hydroxyl groups is 1. The van der Waals surface area contributed by atoms with Crippen LogP contribution < -0.4 is 5.32 Å². The maximum absolute atomic E-state index is 8.90. The Balaban J connectivity index is 3.86. The number of hydrogen-bond donors (Lipinski definition) is 2. The fourth-order valence-electron chi connectivity index (χ4n) is 2.17. The van der Waals surface area contributed by atoms with Gasteiger partial charge in [-0.05, 0) is 19.8 Å². The molecule has 0 spiro atoms. The van der Waals surface area contributed by atoms with Gasteiger partial charge in [0.1, 0.15) is 0 Å². The van der Waals surface area contributed by atoms with Crippen molar-refractivity contribution in [3.8, 4) is 0 Å². The van der Waals surface area contributed by atoms with E-state index in [9.17, 15) is 0 Å². The predicted octanol–water partition coefficient (Wildman–Crippen LogP) is 3.49. The quantitative estimate of drug-likeness (QED) is 0.532. The van der Waals surface area contributed by atoms with Gasteiger partial charge in [0.15, 0.2) is 0 Å². The van der Waals surface area contributed by atoms with E-state index in [1.807, 2.05) is 0 Å². The van der Waals surface area contributed by atoms with Gasteiger partial charge in [0, 0.05) is 12.1 Å². The molecule has 1 unspecified atom stereocenters. The average Bonchev–Trinajstić information content (AvgIpc) is 2.30. The van der Waals surface area contributed by atoms with Crippen LogP contribution in [0.4, 0.5) is 0 Å². The van der Waals surface area contributed by atoms with Crippen LogP contribution in [-0.2, 0) is 0 Å². The minimum atomic E-state index is 0.243. The van der Waals surface area contributed by atoms with E-state index in [1.165, 1.54) is 51.4 Å². The molecule has 0 aromatic rings. The number of rotatable bonds is 11. The molecule has 2 heteroatoms.